The van der Waals surface area contributed by atoms with E-state index in [0.717, 1.165) is 25.0 Å². The van der Waals surface area contributed by atoms with Crippen LogP contribution in [-0.4, -0.2) is 54.4 Å². The van der Waals surface area contributed by atoms with Crippen molar-refractivity contribution in [2.45, 2.75) is 39.7 Å². The Balaban J connectivity index is 0.00000529. The number of rotatable bonds is 9. The molecular weight excluding hydrogens is 415 g/mol. The fourth-order valence-corrected chi connectivity index (χ4v) is 2.42. The van der Waals surface area contributed by atoms with Crippen LogP contribution in [0.2, 0.25) is 0 Å². The summed E-state index contributed by atoms with van der Waals surface area (Å²) in [5.41, 5.74) is 1.19. The zero-order valence-electron chi connectivity index (χ0n) is 16.0. The lowest BCUT2D eigenvalue weighted by atomic mass is 10.1. The summed E-state index contributed by atoms with van der Waals surface area (Å²) in [7, 11) is 6.10. The molecule has 1 heterocycles. The summed E-state index contributed by atoms with van der Waals surface area (Å²) in [6.07, 6.45) is 6.39. The standard InChI is InChI=1S/C17H34N6.HI/c1-7-18-17(19-10-8-9-14(2)3)20-12-16(22(4)5)15-11-21-23(6)13-15;/h11,13-14,16H,7-10,12H2,1-6H3,(H2,18,19,20);1H. The lowest BCUT2D eigenvalue weighted by Crippen LogP contribution is -2.38. The van der Waals surface area contributed by atoms with Gasteiger partial charge < -0.3 is 15.5 Å². The first-order chi connectivity index (χ1) is 10.9. The average molecular weight is 450 g/mol. The van der Waals surface area contributed by atoms with Crippen LogP contribution in [0, 0.1) is 5.92 Å². The van der Waals surface area contributed by atoms with Gasteiger partial charge in [0.05, 0.1) is 18.8 Å². The van der Waals surface area contributed by atoms with E-state index in [-0.39, 0.29) is 30.0 Å². The third-order valence-electron chi connectivity index (χ3n) is 3.75. The Morgan fingerprint density at radius 1 is 1.33 bits per heavy atom. The molecule has 24 heavy (non-hydrogen) atoms. The van der Waals surface area contributed by atoms with Gasteiger partial charge in [-0.3, -0.25) is 9.67 Å². The van der Waals surface area contributed by atoms with E-state index in [2.05, 4.69) is 61.7 Å². The Morgan fingerprint density at radius 2 is 2.04 bits per heavy atom. The van der Waals surface area contributed by atoms with E-state index < -0.39 is 0 Å². The van der Waals surface area contributed by atoms with Crippen molar-refractivity contribution in [1.29, 1.82) is 0 Å². The van der Waals surface area contributed by atoms with Gasteiger partial charge in [0.15, 0.2) is 5.96 Å². The molecule has 1 unspecified atom stereocenters. The van der Waals surface area contributed by atoms with Crippen LogP contribution in [0.5, 0.6) is 0 Å². The van der Waals surface area contributed by atoms with Crippen molar-refractivity contribution in [2.75, 3.05) is 33.7 Å². The quantitative estimate of drug-likeness (QED) is 0.263. The number of nitrogens with one attached hydrogen (secondary N) is 2. The van der Waals surface area contributed by atoms with Crippen LogP contribution in [-0.2, 0) is 7.05 Å². The third-order valence-corrected chi connectivity index (χ3v) is 3.75. The number of guanidine groups is 1. The minimum Gasteiger partial charge on any atom is -0.357 e. The second kappa shape index (κ2) is 12.5. The molecule has 0 aliphatic heterocycles. The van der Waals surface area contributed by atoms with Crippen molar-refractivity contribution >= 4 is 29.9 Å². The summed E-state index contributed by atoms with van der Waals surface area (Å²) in [5, 5.41) is 11.0. The van der Waals surface area contributed by atoms with Gasteiger partial charge in [0, 0.05) is 31.9 Å². The van der Waals surface area contributed by atoms with Crippen LogP contribution < -0.4 is 10.6 Å². The van der Waals surface area contributed by atoms with Gasteiger partial charge in [0.1, 0.15) is 0 Å². The summed E-state index contributed by atoms with van der Waals surface area (Å²) in [4.78, 5) is 6.94. The largest absolute Gasteiger partial charge is 0.357 e. The predicted molar refractivity (Wildman–Crippen MR) is 113 cm³/mol. The monoisotopic (exact) mass is 450 g/mol. The Morgan fingerprint density at radius 3 is 2.54 bits per heavy atom. The highest BCUT2D eigenvalue weighted by atomic mass is 127. The SMILES string of the molecule is CCNC(=NCC(c1cnn(C)c1)N(C)C)NCCCC(C)C.I. The second-order valence-corrected chi connectivity index (χ2v) is 6.61. The van der Waals surface area contributed by atoms with Crippen LogP contribution >= 0.6 is 24.0 Å². The molecule has 6 nitrogen and oxygen atoms in total. The van der Waals surface area contributed by atoms with E-state index in [1.807, 2.05) is 17.9 Å². The molecule has 140 valence electrons. The Bertz CT molecular complexity index is 469. The van der Waals surface area contributed by atoms with Gasteiger partial charge in [-0.2, -0.15) is 5.10 Å². The van der Waals surface area contributed by atoms with Crippen LogP contribution in [0.1, 0.15) is 45.2 Å². The van der Waals surface area contributed by atoms with Gasteiger partial charge in [-0.1, -0.05) is 13.8 Å². The third kappa shape index (κ3) is 8.86. The molecule has 0 aliphatic rings. The van der Waals surface area contributed by atoms with E-state index in [1.54, 1.807) is 0 Å². The van der Waals surface area contributed by atoms with Crippen molar-refractivity contribution in [1.82, 2.24) is 25.3 Å². The highest BCUT2D eigenvalue weighted by molar-refractivity contribution is 14.0. The number of aliphatic imine (C=N–C) groups is 1. The van der Waals surface area contributed by atoms with Crippen LogP contribution in [0.15, 0.2) is 17.4 Å². The molecule has 0 aliphatic carbocycles. The maximum atomic E-state index is 4.75. The van der Waals surface area contributed by atoms with E-state index in [4.69, 9.17) is 4.99 Å². The van der Waals surface area contributed by atoms with Crippen molar-refractivity contribution in [2.24, 2.45) is 18.0 Å². The summed E-state index contributed by atoms with van der Waals surface area (Å²) >= 11 is 0. The number of hydrogen-bond donors (Lipinski definition) is 2. The Kier molecular flexibility index (Phi) is 12.1. The van der Waals surface area contributed by atoms with E-state index in [1.165, 1.54) is 18.4 Å². The molecule has 0 saturated heterocycles. The predicted octanol–water partition coefficient (Wildman–Crippen LogP) is 2.63. The molecule has 0 spiro atoms. The van der Waals surface area contributed by atoms with Gasteiger partial charge in [-0.25, -0.2) is 0 Å². The maximum Gasteiger partial charge on any atom is 0.191 e. The number of nitrogens with zero attached hydrogens (tertiary/aromatic N) is 4. The van der Waals surface area contributed by atoms with Crippen molar-refractivity contribution in [3.8, 4) is 0 Å². The number of aryl methyl sites for hydroxylation is 1. The van der Waals surface area contributed by atoms with Crippen LogP contribution in [0.4, 0.5) is 0 Å². The second-order valence-electron chi connectivity index (χ2n) is 6.61. The average Bonchev–Trinajstić information content (AvgIpc) is 2.89. The zero-order chi connectivity index (χ0) is 17.2. The van der Waals surface area contributed by atoms with E-state index >= 15 is 0 Å². The van der Waals surface area contributed by atoms with Crippen molar-refractivity contribution < 1.29 is 0 Å². The molecule has 0 radical (unpaired) electrons. The molecule has 0 fully saturated rings. The van der Waals surface area contributed by atoms with Crippen LogP contribution in [0.25, 0.3) is 0 Å². The highest BCUT2D eigenvalue weighted by Crippen LogP contribution is 2.17. The van der Waals surface area contributed by atoms with Gasteiger partial charge >= 0.3 is 0 Å². The lowest BCUT2D eigenvalue weighted by molar-refractivity contribution is 0.306. The first kappa shape index (κ1) is 23.2. The van der Waals surface area contributed by atoms with E-state index in [9.17, 15) is 0 Å². The fourth-order valence-electron chi connectivity index (χ4n) is 2.42. The van der Waals surface area contributed by atoms with Crippen LogP contribution in [0.3, 0.4) is 0 Å². The molecule has 2 N–H and O–H groups in total. The van der Waals surface area contributed by atoms with Gasteiger partial charge in [0.25, 0.3) is 0 Å². The smallest absolute Gasteiger partial charge is 0.191 e. The summed E-state index contributed by atoms with van der Waals surface area (Å²) < 4.78 is 1.84. The summed E-state index contributed by atoms with van der Waals surface area (Å²) in [6, 6.07) is 0.231. The normalized spacial score (nSPS) is 13.1. The van der Waals surface area contributed by atoms with Gasteiger partial charge in [-0.15, -0.1) is 24.0 Å². The number of hydrogen-bond acceptors (Lipinski definition) is 3. The molecular formula is C17H35IN6. The molecule has 0 amide bonds. The van der Waals surface area contributed by atoms with Gasteiger partial charge in [0.2, 0.25) is 0 Å². The summed E-state index contributed by atoms with van der Waals surface area (Å²) in [5.74, 6) is 1.65. The zero-order valence-corrected chi connectivity index (χ0v) is 18.4. The lowest BCUT2D eigenvalue weighted by Gasteiger charge is -2.22. The van der Waals surface area contributed by atoms with Crippen molar-refractivity contribution in [3.05, 3.63) is 18.0 Å². The first-order valence-electron chi connectivity index (χ1n) is 8.61. The molecule has 0 aromatic carbocycles. The maximum absolute atomic E-state index is 4.75. The minimum atomic E-state index is 0. The molecule has 0 saturated carbocycles. The van der Waals surface area contributed by atoms with Gasteiger partial charge in [-0.05, 0) is 39.8 Å². The number of aromatic nitrogens is 2. The fraction of sp³-hybridized carbons (Fsp3) is 0.765. The first-order valence-corrected chi connectivity index (χ1v) is 8.61. The Hall–Kier alpha value is -0.830. The van der Waals surface area contributed by atoms with E-state index in [0.29, 0.717) is 6.54 Å². The number of halogens is 1. The molecule has 7 heteroatoms. The molecule has 1 rings (SSSR count). The Labute approximate surface area is 164 Å². The molecule has 1 atom stereocenters. The molecule has 1 aromatic rings. The minimum absolute atomic E-state index is 0. The number of likely N-dealkylation sites (N-methyl/N-ethyl adjacent to an activating group) is 1. The topological polar surface area (TPSA) is 57.5 Å². The summed E-state index contributed by atoms with van der Waals surface area (Å²) in [6.45, 7) is 9.15. The molecule has 0 bridgehead atoms. The molecule has 1 aromatic heterocycles. The highest BCUT2D eigenvalue weighted by Gasteiger charge is 2.15. The van der Waals surface area contributed by atoms with Crippen molar-refractivity contribution in [3.63, 3.8) is 0 Å².